The van der Waals surface area contributed by atoms with E-state index in [1.165, 1.54) is 6.07 Å². The zero-order valence-electron chi connectivity index (χ0n) is 10.1. The van der Waals surface area contributed by atoms with Crippen molar-refractivity contribution in [1.29, 1.82) is 0 Å². The monoisotopic (exact) mass is 376 g/mol. The summed E-state index contributed by atoms with van der Waals surface area (Å²) < 4.78 is 55.8. The number of halogens is 5. The van der Waals surface area contributed by atoms with Gasteiger partial charge in [-0.3, -0.25) is 4.57 Å². The van der Waals surface area contributed by atoms with E-state index in [2.05, 4.69) is 20.9 Å². The number of aromatic nitrogens is 2. The second-order valence-corrected chi connectivity index (χ2v) is 5.48. The molecule has 0 atom stereocenters. The summed E-state index contributed by atoms with van der Waals surface area (Å²) in [5.41, 5.74) is -0.404. The Hall–Kier alpha value is -1.67. The summed E-state index contributed by atoms with van der Waals surface area (Å²) in [6.07, 6.45) is 0. The van der Waals surface area contributed by atoms with Crippen LogP contribution >= 0.6 is 28.1 Å². The van der Waals surface area contributed by atoms with E-state index in [0.717, 1.165) is 22.8 Å². The largest absolute Gasteiger partial charge is 0.330 e. The Morgan fingerprint density at radius 1 is 1.00 bits per heavy atom. The minimum Gasteiger partial charge on any atom is -0.330 e. The SMILES string of the molecule is Fc1cc(-n2c(=S)[nH]c3ccc(F)c(F)c32)c(F)cc1Br. The first-order chi connectivity index (χ1) is 9.90. The molecule has 0 saturated heterocycles. The Bertz CT molecular complexity index is 932. The van der Waals surface area contributed by atoms with Gasteiger partial charge in [0.1, 0.15) is 17.2 Å². The number of nitrogens with one attached hydrogen (secondary N) is 1. The van der Waals surface area contributed by atoms with Gasteiger partial charge in [-0.25, -0.2) is 17.6 Å². The highest BCUT2D eigenvalue weighted by Gasteiger charge is 2.18. The lowest BCUT2D eigenvalue weighted by atomic mass is 10.2. The maximum absolute atomic E-state index is 14.0. The van der Waals surface area contributed by atoms with Gasteiger partial charge in [0.15, 0.2) is 16.4 Å². The minimum atomic E-state index is -1.19. The minimum absolute atomic E-state index is 0.0740. The van der Waals surface area contributed by atoms with Crippen molar-refractivity contribution in [3.8, 4) is 5.69 Å². The van der Waals surface area contributed by atoms with Crippen LogP contribution < -0.4 is 0 Å². The fourth-order valence-electron chi connectivity index (χ4n) is 2.05. The summed E-state index contributed by atoms with van der Waals surface area (Å²) in [6, 6.07) is 3.94. The van der Waals surface area contributed by atoms with Crippen molar-refractivity contribution in [3.05, 3.63) is 56.8 Å². The van der Waals surface area contributed by atoms with Crippen LogP contribution in [0.15, 0.2) is 28.7 Å². The van der Waals surface area contributed by atoms with Crippen LogP contribution in [0.3, 0.4) is 0 Å². The fraction of sp³-hybridized carbons (Fsp3) is 0. The van der Waals surface area contributed by atoms with Gasteiger partial charge >= 0.3 is 0 Å². The second-order valence-electron chi connectivity index (χ2n) is 4.24. The van der Waals surface area contributed by atoms with E-state index in [0.29, 0.717) is 0 Å². The molecule has 0 saturated carbocycles. The lowest BCUT2D eigenvalue weighted by Gasteiger charge is -2.08. The van der Waals surface area contributed by atoms with Gasteiger partial charge in [-0.05, 0) is 46.3 Å². The predicted molar refractivity (Wildman–Crippen MR) is 76.0 cm³/mol. The average molecular weight is 377 g/mol. The molecule has 3 aromatic rings. The molecule has 3 rings (SSSR count). The molecule has 0 aliphatic carbocycles. The van der Waals surface area contributed by atoms with Crippen molar-refractivity contribution in [1.82, 2.24) is 9.55 Å². The molecule has 21 heavy (non-hydrogen) atoms. The van der Waals surface area contributed by atoms with Crippen molar-refractivity contribution < 1.29 is 17.6 Å². The molecule has 0 bridgehead atoms. The number of rotatable bonds is 1. The van der Waals surface area contributed by atoms with Crippen molar-refractivity contribution in [2.45, 2.75) is 0 Å². The molecule has 8 heteroatoms. The van der Waals surface area contributed by atoms with E-state index in [-0.39, 0.29) is 26.0 Å². The molecular formula is C13H5BrF4N2S. The van der Waals surface area contributed by atoms with Gasteiger partial charge < -0.3 is 4.98 Å². The Morgan fingerprint density at radius 3 is 2.43 bits per heavy atom. The standard InChI is InChI=1S/C13H5BrF4N2S/c14-5-3-8(17)10(4-7(5)16)20-12-9(19-13(20)21)2-1-6(15)11(12)18/h1-4H,(H,19,21). The number of aromatic amines is 1. The summed E-state index contributed by atoms with van der Waals surface area (Å²) >= 11 is 7.84. The van der Waals surface area contributed by atoms with Gasteiger partial charge in [0.25, 0.3) is 0 Å². The first kappa shape index (κ1) is 14.3. The molecule has 1 aromatic heterocycles. The number of imidazole rings is 1. The third-order valence-electron chi connectivity index (χ3n) is 2.97. The lowest BCUT2D eigenvalue weighted by Crippen LogP contribution is -2.01. The molecule has 0 aliphatic heterocycles. The number of nitrogens with zero attached hydrogens (tertiary/aromatic N) is 1. The highest BCUT2D eigenvalue weighted by molar-refractivity contribution is 9.10. The molecule has 0 aliphatic rings. The number of hydrogen-bond donors (Lipinski definition) is 1. The Labute approximate surface area is 129 Å². The van der Waals surface area contributed by atoms with Crippen molar-refractivity contribution in [2.75, 3.05) is 0 Å². The van der Waals surface area contributed by atoms with Crippen LogP contribution in [0.1, 0.15) is 0 Å². The van der Waals surface area contributed by atoms with Gasteiger partial charge in [0, 0.05) is 6.07 Å². The molecule has 0 amide bonds. The Morgan fingerprint density at radius 2 is 1.71 bits per heavy atom. The van der Waals surface area contributed by atoms with Gasteiger partial charge in [-0.15, -0.1) is 0 Å². The molecule has 2 nitrogen and oxygen atoms in total. The number of benzene rings is 2. The average Bonchev–Trinajstić information content (AvgIpc) is 2.75. The summed E-state index contributed by atoms with van der Waals surface area (Å²) in [4.78, 5) is 2.63. The number of fused-ring (bicyclic) bond motifs is 1. The summed E-state index contributed by atoms with van der Waals surface area (Å²) in [7, 11) is 0. The van der Waals surface area contributed by atoms with Gasteiger partial charge in [0.2, 0.25) is 0 Å². The first-order valence-corrected chi connectivity index (χ1v) is 6.84. The fourth-order valence-corrected chi connectivity index (χ4v) is 2.66. The van der Waals surface area contributed by atoms with Gasteiger partial charge in [-0.2, -0.15) is 0 Å². The first-order valence-electron chi connectivity index (χ1n) is 5.64. The molecule has 0 spiro atoms. The van der Waals surface area contributed by atoms with E-state index >= 15 is 0 Å². The van der Waals surface area contributed by atoms with E-state index in [4.69, 9.17) is 12.2 Å². The number of hydrogen-bond acceptors (Lipinski definition) is 1. The molecule has 1 N–H and O–H groups in total. The van der Waals surface area contributed by atoms with Crippen molar-refractivity contribution in [3.63, 3.8) is 0 Å². The maximum atomic E-state index is 14.0. The Kier molecular flexibility index (Phi) is 3.37. The van der Waals surface area contributed by atoms with Crippen LogP contribution in [0.25, 0.3) is 16.7 Å². The lowest BCUT2D eigenvalue weighted by molar-refractivity contribution is 0.513. The van der Waals surface area contributed by atoms with Crippen molar-refractivity contribution >= 4 is 39.2 Å². The van der Waals surface area contributed by atoms with Crippen LogP contribution in [-0.2, 0) is 0 Å². The van der Waals surface area contributed by atoms with Gasteiger partial charge in [0.05, 0.1) is 15.7 Å². The van der Waals surface area contributed by atoms with E-state index < -0.39 is 23.3 Å². The molecule has 0 radical (unpaired) electrons. The van der Waals surface area contributed by atoms with E-state index in [1.54, 1.807) is 0 Å². The molecule has 0 fully saturated rings. The van der Waals surface area contributed by atoms with E-state index in [1.807, 2.05) is 0 Å². The van der Waals surface area contributed by atoms with Crippen molar-refractivity contribution in [2.24, 2.45) is 0 Å². The summed E-state index contributed by atoms with van der Waals surface area (Å²) in [5.74, 6) is -3.88. The zero-order chi connectivity index (χ0) is 15.3. The van der Waals surface area contributed by atoms with Crippen LogP contribution in [0.5, 0.6) is 0 Å². The summed E-state index contributed by atoms with van der Waals surface area (Å²) in [6.45, 7) is 0. The second kappa shape index (κ2) is 4.96. The smallest absolute Gasteiger partial charge is 0.184 e. The summed E-state index contributed by atoms with van der Waals surface area (Å²) in [5, 5.41) is 0. The van der Waals surface area contributed by atoms with Crippen LogP contribution in [0, 0.1) is 28.0 Å². The third kappa shape index (κ3) is 2.18. The quantitative estimate of drug-likeness (QED) is 0.359. The molecule has 2 aromatic carbocycles. The van der Waals surface area contributed by atoms with Crippen LogP contribution in [0.2, 0.25) is 0 Å². The molecular weight excluding hydrogens is 372 g/mol. The van der Waals surface area contributed by atoms with Crippen LogP contribution in [0.4, 0.5) is 17.6 Å². The maximum Gasteiger partial charge on any atom is 0.184 e. The number of H-pyrrole nitrogens is 1. The van der Waals surface area contributed by atoms with Gasteiger partial charge in [-0.1, -0.05) is 0 Å². The highest BCUT2D eigenvalue weighted by Crippen LogP contribution is 2.28. The molecule has 0 unspecified atom stereocenters. The van der Waals surface area contributed by atoms with Crippen LogP contribution in [-0.4, -0.2) is 9.55 Å². The normalized spacial score (nSPS) is 11.3. The predicted octanol–water partition coefficient (Wildman–Crippen LogP) is 5.01. The highest BCUT2D eigenvalue weighted by atomic mass is 79.9. The van der Waals surface area contributed by atoms with E-state index in [9.17, 15) is 17.6 Å². The zero-order valence-corrected chi connectivity index (χ0v) is 12.5. The third-order valence-corrected chi connectivity index (χ3v) is 3.86. The molecule has 1 heterocycles. The molecule has 108 valence electrons. The Balaban J connectivity index is 2.46. The topological polar surface area (TPSA) is 20.7 Å².